The standard InChI is InChI=1S/C15H28N2O2/c1-11(2)16-15(13(18)19)6-5-12(9-15)17-8-7-14(3,4)10-17/h11-12,16H,5-10H2,1-4H3,(H,18,19). The van der Waals surface area contributed by atoms with Gasteiger partial charge in [-0.2, -0.15) is 0 Å². The van der Waals surface area contributed by atoms with Gasteiger partial charge in [0, 0.05) is 18.6 Å². The van der Waals surface area contributed by atoms with Gasteiger partial charge in [0.2, 0.25) is 0 Å². The minimum Gasteiger partial charge on any atom is -0.480 e. The molecule has 0 aromatic heterocycles. The summed E-state index contributed by atoms with van der Waals surface area (Å²) in [6, 6.07) is 0.647. The van der Waals surface area contributed by atoms with Crippen molar-refractivity contribution in [2.45, 2.75) is 71.0 Å². The summed E-state index contributed by atoms with van der Waals surface area (Å²) < 4.78 is 0. The summed E-state index contributed by atoms with van der Waals surface area (Å²) in [4.78, 5) is 14.2. The lowest BCUT2D eigenvalue weighted by Gasteiger charge is -2.31. The first-order chi connectivity index (χ1) is 8.74. The maximum absolute atomic E-state index is 11.7. The summed E-state index contributed by atoms with van der Waals surface area (Å²) in [5, 5.41) is 12.9. The van der Waals surface area contributed by atoms with Crippen LogP contribution >= 0.6 is 0 Å². The van der Waals surface area contributed by atoms with E-state index < -0.39 is 11.5 Å². The maximum Gasteiger partial charge on any atom is 0.323 e. The molecule has 2 atom stereocenters. The van der Waals surface area contributed by atoms with Gasteiger partial charge in [0.15, 0.2) is 0 Å². The summed E-state index contributed by atoms with van der Waals surface area (Å²) in [6.45, 7) is 10.9. The van der Waals surface area contributed by atoms with Gasteiger partial charge < -0.3 is 5.11 Å². The normalized spacial score (nSPS) is 35.1. The number of nitrogens with one attached hydrogen (secondary N) is 1. The fraction of sp³-hybridized carbons (Fsp3) is 0.933. The van der Waals surface area contributed by atoms with Crippen LogP contribution < -0.4 is 5.32 Å². The molecule has 2 N–H and O–H groups in total. The molecule has 0 spiro atoms. The van der Waals surface area contributed by atoms with E-state index in [2.05, 4.69) is 24.1 Å². The molecule has 4 heteroatoms. The van der Waals surface area contributed by atoms with Crippen LogP contribution in [0.4, 0.5) is 0 Å². The summed E-state index contributed by atoms with van der Waals surface area (Å²) in [5.41, 5.74) is -0.314. The van der Waals surface area contributed by atoms with E-state index in [0.29, 0.717) is 11.5 Å². The second-order valence-electron chi connectivity index (χ2n) is 7.47. The zero-order chi connectivity index (χ0) is 14.3. The number of carbonyl (C=O) groups is 1. The van der Waals surface area contributed by atoms with Gasteiger partial charge >= 0.3 is 5.97 Å². The Hall–Kier alpha value is -0.610. The van der Waals surface area contributed by atoms with Crippen LogP contribution in [0.1, 0.15) is 53.4 Å². The summed E-state index contributed by atoms with van der Waals surface area (Å²) >= 11 is 0. The van der Waals surface area contributed by atoms with Crippen LogP contribution in [-0.4, -0.2) is 46.7 Å². The van der Waals surface area contributed by atoms with Crippen molar-refractivity contribution in [2.24, 2.45) is 5.41 Å². The van der Waals surface area contributed by atoms with Crippen molar-refractivity contribution >= 4 is 5.97 Å². The van der Waals surface area contributed by atoms with Gasteiger partial charge in [-0.1, -0.05) is 13.8 Å². The minimum atomic E-state index is -0.703. The number of hydrogen-bond donors (Lipinski definition) is 2. The first-order valence-electron chi connectivity index (χ1n) is 7.49. The molecule has 2 rings (SSSR count). The van der Waals surface area contributed by atoms with E-state index >= 15 is 0 Å². The van der Waals surface area contributed by atoms with Crippen LogP contribution in [0.15, 0.2) is 0 Å². The highest BCUT2D eigenvalue weighted by Gasteiger charge is 2.48. The van der Waals surface area contributed by atoms with Gasteiger partial charge in [0.1, 0.15) is 5.54 Å². The first-order valence-corrected chi connectivity index (χ1v) is 7.49. The fourth-order valence-electron chi connectivity index (χ4n) is 3.74. The fourth-order valence-corrected chi connectivity index (χ4v) is 3.74. The Morgan fingerprint density at radius 1 is 1.37 bits per heavy atom. The molecular formula is C15H28N2O2. The predicted octanol–water partition coefficient (Wildman–Crippen LogP) is 2.09. The molecule has 0 aromatic rings. The highest BCUT2D eigenvalue weighted by Crippen LogP contribution is 2.38. The molecule has 0 amide bonds. The Balaban J connectivity index is 2.03. The molecule has 1 saturated carbocycles. The average molecular weight is 268 g/mol. The summed E-state index contributed by atoms with van der Waals surface area (Å²) in [6.07, 6.45) is 3.72. The highest BCUT2D eigenvalue weighted by molar-refractivity contribution is 5.79. The molecule has 4 nitrogen and oxygen atoms in total. The van der Waals surface area contributed by atoms with E-state index in [4.69, 9.17) is 0 Å². The second-order valence-corrected chi connectivity index (χ2v) is 7.47. The third-order valence-electron chi connectivity index (χ3n) is 4.69. The molecule has 0 radical (unpaired) electrons. The maximum atomic E-state index is 11.7. The Kier molecular flexibility index (Phi) is 3.94. The van der Waals surface area contributed by atoms with E-state index in [0.717, 1.165) is 32.4 Å². The monoisotopic (exact) mass is 268 g/mol. The zero-order valence-corrected chi connectivity index (χ0v) is 12.7. The van der Waals surface area contributed by atoms with Crippen LogP contribution in [0.2, 0.25) is 0 Å². The van der Waals surface area contributed by atoms with E-state index in [1.807, 2.05) is 13.8 Å². The molecule has 2 aliphatic rings. The number of hydrogen-bond acceptors (Lipinski definition) is 3. The van der Waals surface area contributed by atoms with Crippen molar-refractivity contribution in [1.82, 2.24) is 10.2 Å². The molecule has 1 aliphatic carbocycles. The first kappa shape index (κ1) is 14.8. The summed E-state index contributed by atoms with van der Waals surface area (Å²) in [5.74, 6) is -0.679. The largest absolute Gasteiger partial charge is 0.480 e. The van der Waals surface area contributed by atoms with Crippen LogP contribution in [0, 0.1) is 5.41 Å². The van der Waals surface area contributed by atoms with Crippen molar-refractivity contribution in [3.05, 3.63) is 0 Å². The zero-order valence-electron chi connectivity index (χ0n) is 12.7. The van der Waals surface area contributed by atoms with Crippen LogP contribution in [0.5, 0.6) is 0 Å². The van der Waals surface area contributed by atoms with E-state index in [9.17, 15) is 9.90 Å². The lowest BCUT2D eigenvalue weighted by atomic mass is 9.93. The third-order valence-corrected chi connectivity index (χ3v) is 4.69. The quantitative estimate of drug-likeness (QED) is 0.820. The smallest absolute Gasteiger partial charge is 0.323 e. The number of rotatable bonds is 4. The van der Waals surface area contributed by atoms with Crippen molar-refractivity contribution in [3.8, 4) is 0 Å². The van der Waals surface area contributed by atoms with Gasteiger partial charge in [-0.3, -0.25) is 15.0 Å². The molecule has 1 saturated heterocycles. The van der Waals surface area contributed by atoms with Crippen LogP contribution in [0.25, 0.3) is 0 Å². The van der Waals surface area contributed by atoms with Gasteiger partial charge in [0.25, 0.3) is 0 Å². The van der Waals surface area contributed by atoms with Crippen molar-refractivity contribution in [2.75, 3.05) is 13.1 Å². The molecular weight excluding hydrogens is 240 g/mol. The molecule has 110 valence electrons. The Morgan fingerprint density at radius 3 is 2.53 bits per heavy atom. The van der Waals surface area contributed by atoms with Gasteiger partial charge in [0.05, 0.1) is 0 Å². The molecule has 1 heterocycles. The van der Waals surface area contributed by atoms with Crippen LogP contribution in [0.3, 0.4) is 0 Å². The van der Waals surface area contributed by atoms with Crippen molar-refractivity contribution in [1.29, 1.82) is 0 Å². The molecule has 2 unspecified atom stereocenters. The Bertz CT molecular complexity index is 354. The van der Waals surface area contributed by atoms with Gasteiger partial charge in [-0.25, -0.2) is 0 Å². The molecule has 2 fully saturated rings. The van der Waals surface area contributed by atoms with Crippen molar-refractivity contribution in [3.63, 3.8) is 0 Å². The number of aliphatic carboxylic acids is 1. The number of nitrogens with zero attached hydrogens (tertiary/aromatic N) is 1. The Morgan fingerprint density at radius 2 is 2.05 bits per heavy atom. The molecule has 19 heavy (non-hydrogen) atoms. The lowest BCUT2D eigenvalue weighted by molar-refractivity contribution is -0.145. The van der Waals surface area contributed by atoms with Crippen molar-refractivity contribution < 1.29 is 9.90 Å². The van der Waals surface area contributed by atoms with E-state index in [1.165, 1.54) is 6.42 Å². The number of likely N-dealkylation sites (tertiary alicyclic amines) is 1. The second kappa shape index (κ2) is 5.06. The topological polar surface area (TPSA) is 52.6 Å². The van der Waals surface area contributed by atoms with E-state index in [1.54, 1.807) is 0 Å². The molecule has 0 aromatic carbocycles. The molecule has 0 bridgehead atoms. The minimum absolute atomic E-state index is 0.213. The molecule has 1 aliphatic heterocycles. The Labute approximate surface area is 116 Å². The average Bonchev–Trinajstić information content (AvgIpc) is 2.82. The van der Waals surface area contributed by atoms with Gasteiger partial charge in [-0.05, 0) is 51.5 Å². The van der Waals surface area contributed by atoms with Crippen LogP contribution in [-0.2, 0) is 4.79 Å². The lowest BCUT2D eigenvalue weighted by Crippen LogP contribution is -2.53. The number of carboxylic acids is 1. The SMILES string of the molecule is CC(C)NC1(C(=O)O)CCC(N2CCC(C)(C)C2)C1. The highest BCUT2D eigenvalue weighted by atomic mass is 16.4. The summed E-state index contributed by atoms with van der Waals surface area (Å²) in [7, 11) is 0. The van der Waals surface area contributed by atoms with Gasteiger partial charge in [-0.15, -0.1) is 0 Å². The predicted molar refractivity (Wildman–Crippen MR) is 76.2 cm³/mol. The third kappa shape index (κ3) is 3.11. The van der Waals surface area contributed by atoms with E-state index in [-0.39, 0.29) is 6.04 Å². The number of carboxylic acid groups (broad SMARTS) is 1.